The Morgan fingerprint density at radius 1 is 1.20 bits per heavy atom. The van der Waals surface area contributed by atoms with Gasteiger partial charge in [0.2, 0.25) is 0 Å². The number of nitrogens with zero attached hydrogens (tertiary/aromatic N) is 5. The second-order valence-electron chi connectivity index (χ2n) is 4.98. The van der Waals surface area contributed by atoms with Crippen molar-refractivity contribution in [1.29, 1.82) is 0 Å². The van der Waals surface area contributed by atoms with Gasteiger partial charge in [-0.05, 0) is 18.6 Å². The number of imidazole rings is 1. The third-order valence-corrected chi connectivity index (χ3v) is 3.51. The highest BCUT2D eigenvalue weighted by Gasteiger charge is 2.12. The molecule has 0 saturated heterocycles. The van der Waals surface area contributed by atoms with Crippen molar-refractivity contribution in [2.45, 2.75) is 13.5 Å². The van der Waals surface area contributed by atoms with Crippen molar-refractivity contribution < 1.29 is 0 Å². The summed E-state index contributed by atoms with van der Waals surface area (Å²) in [6.45, 7) is 2.80. The first-order valence-electron chi connectivity index (χ1n) is 6.54. The molecule has 2 heterocycles. The first kappa shape index (κ1) is 12.6. The maximum Gasteiger partial charge on any atom is 0.140 e. The maximum atomic E-state index is 4.46. The number of fused-ring (bicyclic) bond motifs is 1. The standard InChI is InChI=1S/C15H17N5/c1-11-5-4-6-12-14(11)15(18-10-17-12)20(3)9-13-16-7-8-19(13)2/h4-8,10H,9H2,1-3H3. The molecule has 5 nitrogen and oxygen atoms in total. The molecule has 0 amide bonds. The molecule has 0 bridgehead atoms. The Labute approximate surface area is 117 Å². The van der Waals surface area contributed by atoms with Gasteiger partial charge in [-0.3, -0.25) is 0 Å². The SMILES string of the molecule is Cc1cccc2ncnc(N(C)Cc3nccn3C)c12. The zero-order chi connectivity index (χ0) is 14.1. The van der Waals surface area contributed by atoms with Crippen LogP contribution in [-0.2, 0) is 13.6 Å². The minimum absolute atomic E-state index is 0.712. The Morgan fingerprint density at radius 2 is 2.05 bits per heavy atom. The summed E-state index contributed by atoms with van der Waals surface area (Å²) in [6, 6.07) is 6.12. The number of benzene rings is 1. The van der Waals surface area contributed by atoms with Gasteiger partial charge in [-0.15, -0.1) is 0 Å². The molecular formula is C15H17N5. The Balaban J connectivity index is 2.03. The molecule has 0 aliphatic rings. The molecule has 0 atom stereocenters. The summed E-state index contributed by atoms with van der Waals surface area (Å²) < 4.78 is 2.02. The van der Waals surface area contributed by atoms with Gasteiger partial charge in [-0.2, -0.15) is 0 Å². The lowest BCUT2D eigenvalue weighted by molar-refractivity contribution is 0.756. The minimum Gasteiger partial charge on any atom is -0.352 e. The molecule has 1 aromatic carbocycles. The minimum atomic E-state index is 0.712. The fraction of sp³-hybridized carbons (Fsp3) is 0.267. The topological polar surface area (TPSA) is 46.8 Å². The van der Waals surface area contributed by atoms with Crippen LogP contribution in [-0.4, -0.2) is 26.6 Å². The van der Waals surface area contributed by atoms with Crippen molar-refractivity contribution in [2.24, 2.45) is 7.05 Å². The zero-order valence-electron chi connectivity index (χ0n) is 11.9. The van der Waals surface area contributed by atoms with Crippen molar-refractivity contribution in [2.75, 3.05) is 11.9 Å². The number of hydrogen-bond acceptors (Lipinski definition) is 4. The summed E-state index contributed by atoms with van der Waals surface area (Å²) in [5.74, 6) is 1.95. The fourth-order valence-corrected chi connectivity index (χ4v) is 2.39. The molecule has 0 aliphatic carbocycles. The third-order valence-electron chi connectivity index (χ3n) is 3.51. The molecule has 0 N–H and O–H groups in total. The van der Waals surface area contributed by atoms with E-state index in [4.69, 9.17) is 0 Å². The lowest BCUT2D eigenvalue weighted by Gasteiger charge is -2.20. The van der Waals surface area contributed by atoms with Crippen LogP contribution in [0.15, 0.2) is 36.9 Å². The van der Waals surface area contributed by atoms with Crippen LogP contribution in [0.1, 0.15) is 11.4 Å². The lowest BCUT2D eigenvalue weighted by atomic mass is 10.1. The van der Waals surface area contributed by atoms with Gasteiger partial charge in [-0.1, -0.05) is 12.1 Å². The summed E-state index contributed by atoms with van der Waals surface area (Å²) in [6.07, 6.45) is 5.38. The summed E-state index contributed by atoms with van der Waals surface area (Å²) >= 11 is 0. The van der Waals surface area contributed by atoms with Gasteiger partial charge in [0, 0.05) is 31.9 Å². The van der Waals surface area contributed by atoms with Crippen LogP contribution in [0.4, 0.5) is 5.82 Å². The monoisotopic (exact) mass is 267 g/mol. The maximum absolute atomic E-state index is 4.46. The Hall–Kier alpha value is -2.43. The van der Waals surface area contributed by atoms with Crippen molar-refractivity contribution in [3.63, 3.8) is 0 Å². The average molecular weight is 267 g/mol. The van der Waals surface area contributed by atoms with E-state index in [1.165, 1.54) is 5.56 Å². The summed E-state index contributed by atoms with van der Waals surface area (Å²) in [5, 5.41) is 1.10. The van der Waals surface area contributed by atoms with E-state index in [-0.39, 0.29) is 0 Å². The van der Waals surface area contributed by atoms with E-state index < -0.39 is 0 Å². The highest BCUT2D eigenvalue weighted by molar-refractivity contribution is 5.92. The molecule has 20 heavy (non-hydrogen) atoms. The van der Waals surface area contributed by atoms with E-state index in [2.05, 4.69) is 32.8 Å². The molecule has 5 heteroatoms. The summed E-state index contributed by atoms with van der Waals surface area (Å²) in [4.78, 5) is 15.3. The van der Waals surface area contributed by atoms with Crippen LogP contribution in [0.2, 0.25) is 0 Å². The number of hydrogen-bond donors (Lipinski definition) is 0. The Bertz CT molecular complexity index is 742. The van der Waals surface area contributed by atoms with Crippen LogP contribution in [0.3, 0.4) is 0 Å². The van der Waals surface area contributed by atoms with E-state index in [9.17, 15) is 0 Å². The van der Waals surface area contributed by atoms with Gasteiger partial charge in [0.05, 0.1) is 12.1 Å². The van der Waals surface area contributed by atoms with E-state index in [0.29, 0.717) is 6.54 Å². The molecule has 3 rings (SSSR count). The van der Waals surface area contributed by atoms with Crippen LogP contribution in [0.5, 0.6) is 0 Å². The van der Waals surface area contributed by atoms with Crippen LogP contribution >= 0.6 is 0 Å². The van der Waals surface area contributed by atoms with Gasteiger partial charge in [-0.25, -0.2) is 15.0 Å². The van der Waals surface area contributed by atoms with Crippen LogP contribution in [0.25, 0.3) is 10.9 Å². The number of anilines is 1. The first-order valence-corrected chi connectivity index (χ1v) is 6.54. The van der Waals surface area contributed by atoms with Crippen LogP contribution in [0, 0.1) is 6.92 Å². The molecule has 0 radical (unpaired) electrons. The first-order chi connectivity index (χ1) is 9.66. The fourth-order valence-electron chi connectivity index (χ4n) is 2.39. The highest BCUT2D eigenvalue weighted by atomic mass is 15.2. The van der Waals surface area contributed by atoms with Crippen molar-refractivity contribution >= 4 is 16.7 Å². The lowest BCUT2D eigenvalue weighted by Crippen LogP contribution is -2.20. The van der Waals surface area contributed by atoms with E-state index in [1.807, 2.05) is 43.2 Å². The molecule has 0 spiro atoms. The number of aryl methyl sites for hydroxylation is 2. The molecule has 3 aromatic rings. The third kappa shape index (κ3) is 2.11. The molecule has 102 valence electrons. The molecule has 2 aromatic heterocycles. The van der Waals surface area contributed by atoms with Gasteiger partial charge in [0.1, 0.15) is 18.0 Å². The average Bonchev–Trinajstić information content (AvgIpc) is 2.84. The summed E-state index contributed by atoms with van der Waals surface area (Å²) in [5.41, 5.74) is 2.16. The van der Waals surface area contributed by atoms with Crippen molar-refractivity contribution in [3.8, 4) is 0 Å². The Morgan fingerprint density at radius 3 is 2.80 bits per heavy atom. The van der Waals surface area contributed by atoms with E-state index in [0.717, 1.165) is 22.5 Å². The number of aromatic nitrogens is 4. The van der Waals surface area contributed by atoms with Crippen molar-refractivity contribution in [3.05, 3.63) is 48.3 Å². The van der Waals surface area contributed by atoms with Crippen molar-refractivity contribution in [1.82, 2.24) is 19.5 Å². The predicted molar refractivity (Wildman–Crippen MR) is 79.6 cm³/mol. The summed E-state index contributed by atoms with van der Waals surface area (Å²) in [7, 11) is 4.03. The number of rotatable bonds is 3. The van der Waals surface area contributed by atoms with Gasteiger partial charge >= 0.3 is 0 Å². The molecule has 0 aliphatic heterocycles. The molecule has 0 unspecified atom stereocenters. The van der Waals surface area contributed by atoms with E-state index >= 15 is 0 Å². The van der Waals surface area contributed by atoms with Gasteiger partial charge in [0.25, 0.3) is 0 Å². The van der Waals surface area contributed by atoms with Crippen LogP contribution < -0.4 is 4.90 Å². The van der Waals surface area contributed by atoms with Gasteiger partial charge < -0.3 is 9.47 Å². The second kappa shape index (κ2) is 4.92. The second-order valence-corrected chi connectivity index (χ2v) is 4.98. The largest absolute Gasteiger partial charge is 0.352 e. The zero-order valence-corrected chi connectivity index (χ0v) is 11.9. The highest BCUT2D eigenvalue weighted by Crippen LogP contribution is 2.25. The van der Waals surface area contributed by atoms with Gasteiger partial charge in [0.15, 0.2) is 0 Å². The normalized spacial score (nSPS) is 10.9. The smallest absolute Gasteiger partial charge is 0.140 e. The molecule has 0 saturated carbocycles. The quantitative estimate of drug-likeness (QED) is 0.730. The van der Waals surface area contributed by atoms with E-state index in [1.54, 1.807) is 6.33 Å². The Kier molecular flexibility index (Phi) is 3.10. The predicted octanol–water partition coefficient (Wildman–Crippen LogP) is 2.31. The molecular weight excluding hydrogens is 250 g/mol. The molecule has 0 fully saturated rings.